The Morgan fingerprint density at radius 3 is 2.64 bits per heavy atom. The van der Waals surface area contributed by atoms with Crippen molar-refractivity contribution in [1.82, 2.24) is 5.43 Å². The van der Waals surface area contributed by atoms with Crippen LogP contribution in [0, 0.1) is 0 Å². The van der Waals surface area contributed by atoms with Crippen molar-refractivity contribution in [2.75, 3.05) is 0 Å². The van der Waals surface area contributed by atoms with E-state index in [9.17, 15) is 4.79 Å². The lowest BCUT2D eigenvalue weighted by atomic mass is 10.0. The molecule has 3 rings (SSSR count). The maximum Gasteiger partial charge on any atom is 0.272 e. The third-order valence-corrected chi connectivity index (χ3v) is 4.63. The van der Waals surface area contributed by atoms with Crippen LogP contribution >= 0.6 is 22.9 Å². The molecule has 1 N–H and O–H groups in total. The fraction of sp³-hybridized carbons (Fsp3) is 0.0588. The average molecular weight is 329 g/mol. The molecule has 0 saturated heterocycles. The number of carbonyl (C=O) groups excluding carboxylic acids is 1. The maximum absolute atomic E-state index is 12.4. The van der Waals surface area contributed by atoms with E-state index in [1.165, 1.54) is 11.3 Å². The van der Waals surface area contributed by atoms with Crippen molar-refractivity contribution in [3.63, 3.8) is 0 Å². The number of benzene rings is 2. The predicted octanol–water partition coefficient (Wildman–Crippen LogP) is 4.71. The van der Waals surface area contributed by atoms with Gasteiger partial charge in [0, 0.05) is 5.56 Å². The first-order valence-electron chi connectivity index (χ1n) is 6.73. The zero-order valence-corrected chi connectivity index (χ0v) is 13.4. The van der Waals surface area contributed by atoms with Crippen LogP contribution in [0.1, 0.15) is 22.2 Å². The van der Waals surface area contributed by atoms with E-state index in [2.05, 4.69) is 10.5 Å². The lowest BCUT2D eigenvalue weighted by Gasteiger charge is -2.05. The van der Waals surface area contributed by atoms with Gasteiger partial charge in [0.15, 0.2) is 0 Å². The molecule has 1 aromatic heterocycles. The lowest BCUT2D eigenvalue weighted by Crippen LogP contribution is -2.19. The summed E-state index contributed by atoms with van der Waals surface area (Å²) in [6.45, 7) is 1.84. The third-order valence-electron chi connectivity index (χ3n) is 3.29. The summed E-state index contributed by atoms with van der Waals surface area (Å²) in [5.74, 6) is -0.223. The summed E-state index contributed by atoms with van der Waals surface area (Å²) in [6.07, 6.45) is 0. The van der Waals surface area contributed by atoms with Gasteiger partial charge in [-0.15, -0.1) is 11.3 Å². The molecule has 110 valence electrons. The van der Waals surface area contributed by atoms with Crippen LogP contribution in [0.15, 0.2) is 59.7 Å². The number of hydrogen-bond acceptors (Lipinski definition) is 3. The lowest BCUT2D eigenvalue weighted by molar-refractivity contribution is 0.0956. The quantitative estimate of drug-likeness (QED) is 0.549. The van der Waals surface area contributed by atoms with Crippen LogP contribution in [-0.4, -0.2) is 11.6 Å². The summed E-state index contributed by atoms with van der Waals surface area (Å²) >= 11 is 7.33. The molecule has 0 aliphatic rings. The van der Waals surface area contributed by atoms with E-state index < -0.39 is 0 Å². The van der Waals surface area contributed by atoms with E-state index in [4.69, 9.17) is 11.6 Å². The first kappa shape index (κ1) is 14.8. The third kappa shape index (κ3) is 3.03. The second-order valence-electron chi connectivity index (χ2n) is 4.77. The highest BCUT2D eigenvalue weighted by atomic mass is 35.5. The summed E-state index contributed by atoms with van der Waals surface area (Å²) < 4.78 is 0.699. The van der Waals surface area contributed by atoms with Crippen LogP contribution in [0.5, 0.6) is 0 Å². The van der Waals surface area contributed by atoms with Crippen LogP contribution in [0.25, 0.3) is 10.8 Å². The van der Waals surface area contributed by atoms with E-state index in [-0.39, 0.29) is 5.91 Å². The number of rotatable bonds is 3. The number of carbonyl (C=O) groups is 1. The summed E-state index contributed by atoms with van der Waals surface area (Å²) in [7, 11) is 0. The Bertz CT molecular complexity index is 864. The molecule has 0 bridgehead atoms. The summed E-state index contributed by atoms with van der Waals surface area (Å²) in [5.41, 5.74) is 3.95. The van der Waals surface area contributed by atoms with Gasteiger partial charge in [0.05, 0.1) is 14.9 Å². The van der Waals surface area contributed by atoms with Gasteiger partial charge in [-0.25, -0.2) is 5.43 Å². The van der Waals surface area contributed by atoms with E-state index >= 15 is 0 Å². The molecular formula is C17H13ClN2OS. The topological polar surface area (TPSA) is 41.5 Å². The number of nitrogens with one attached hydrogen (secondary N) is 1. The second kappa shape index (κ2) is 6.30. The molecule has 0 atom stereocenters. The highest BCUT2D eigenvalue weighted by Gasteiger charge is 2.09. The fourth-order valence-electron chi connectivity index (χ4n) is 2.18. The first-order chi connectivity index (χ1) is 10.6. The molecule has 5 heteroatoms. The highest BCUT2D eigenvalue weighted by Crippen LogP contribution is 2.22. The minimum absolute atomic E-state index is 0.223. The van der Waals surface area contributed by atoms with Crippen LogP contribution in [0.3, 0.4) is 0 Å². The largest absolute Gasteiger partial charge is 0.272 e. The Hall–Kier alpha value is -2.17. The SMILES string of the molecule is CC(=NNC(=O)c1cccc2ccccc12)c1ccc(Cl)s1. The molecule has 0 radical (unpaired) electrons. The second-order valence-corrected chi connectivity index (χ2v) is 6.48. The number of halogens is 1. The van der Waals surface area contributed by atoms with Gasteiger partial charge in [-0.1, -0.05) is 48.0 Å². The molecule has 22 heavy (non-hydrogen) atoms. The molecule has 2 aromatic carbocycles. The normalized spacial score (nSPS) is 11.6. The molecule has 0 aliphatic carbocycles. The van der Waals surface area contributed by atoms with Gasteiger partial charge >= 0.3 is 0 Å². The van der Waals surface area contributed by atoms with Crippen LogP contribution in [0.4, 0.5) is 0 Å². The van der Waals surface area contributed by atoms with Crippen LogP contribution in [-0.2, 0) is 0 Å². The molecular weight excluding hydrogens is 316 g/mol. The first-order valence-corrected chi connectivity index (χ1v) is 7.93. The van der Waals surface area contributed by atoms with Crippen molar-refractivity contribution in [3.05, 3.63) is 69.4 Å². The standard InChI is InChI=1S/C17H13ClN2OS/c1-11(15-9-10-16(18)22-15)19-20-17(21)14-8-4-6-12-5-2-3-7-13(12)14/h2-10H,1H3,(H,20,21). The Morgan fingerprint density at radius 1 is 1.09 bits per heavy atom. The number of amides is 1. The number of hydrogen-bond donors (Lipinski definition) is 1. The zero-order chi connectivity index (χ0) is 15.5. The molecule has 3 aromatic rings. The molecule has 1 amide bonds. The maximum atomic E-state index is 12.4. The minimum Gasteiger partial charge on any atom is -0.267 e. The molecule has 3 nitrogen and oxygen atoms in total. The number of nitrogens with zero attached hydrogens (tertiary/aromatic N) is 1. The Kier molecular flexibility index (Phi) is 4.22. The van der Waals surface area contributed by atoms with Gasteiger partial charge in [0.2, 0.25) is 0 Å². The van der Waals surface area contributed by atoms with Crippen molar-refractivity contribution in [2.24, 2.45) is 5.10 Å². The van der Waals surface area contributed by atoms with E-state index in [1.54, 1.807) is 6.07 Å². The van der Waals surface area contributed by atoms with Gasteiger partial charge in [-0.05, 0) is 35.9 Å². The Labute approximate surface area is 137 Å². The van der Waals surface area contributed by atoms with Crippen LogP contribution < -0.4 is 5.43 Å². The van der Waals surface area contributed by atoms with E-state index in [1.807, 2.05) is 55.5 Å². The minimum atomic E-state index is -0.223. The molecule has 1 heterocycles. The number of thiophene rings is 1. The van der Waals surface area contributed by atoms with Crippen molar-refractivity contribution in [2.45, 2.75) is 6.92 Å². The zero-order valence-electron chi connectivity index (χ0n) is 11.8. The smallest absolute Gasteiger partial charge is 0.267 e. The number of hydrazone groups is 1. The molecule has 0 saturated carbocycles. The molecule has 0 spiro atoms. The van der Waals surface area contributed by atoms with Gasteiger partial charge < -0.3 is 0 Å². The summed E-state index contributed by atoms with van der Waals surface area (Å²) in [6, 6.07) is 17.1. The number of fused-ring (bicyclic) bond motifs is 1. The summed E-state index contributed by atoms with van der Waals surface area (Å²) in [5, 5.41) is 6.10. The average Bonchev–Trinajstić information content (AvgIpc) is 2.98. The van der Waals surface area contributed by atoms with Gasteiger partial charge in [0.1, 0.15) is 0 Å². The van der Waals surface area contributed by atoms with Crippen molar-refractivity contribution in [3.8, 4) is 0 Å². The fourth-order valence-corrected chi connectivity index (χ4v) is 3.17. The van der Waals surface area contributed by atoms with Crippen molar-refractivity contribution < 1.29 is 4.79 Å². The van der Waals surface area contributed by atoms with Gasteiger partial charge in [-0.2, -0.15) is 5.10 Å². The van der Waals surface area contributed by atoms with E-state index in [0.29, 0.717) is 9.90 Å². The van der Waals surface area contributed by atoms with Gasteiger partial charge in [0.25, 0.3) is 5.91 Å². The van der Waals surface area contributed by atoms with E-state index in [0.717, 1.165) is 21.4 Å². The highest BCUT2D eigenvalue weighted by molar-refractivity contribution is 7.18. The van der Waals surface area contributed by atoms with Crippen LogP contribution in [0.2, 0.25) is 4.34 Å². The summed E-state index contributed by atoms with van der Waals surface area (Å²) in [4.78, 5) is 13.3. The molecule has 0 aliphatic heterocycles. The monoisotopic (exact) mass is 328 g/mol. The molecule has 0 unspecified atom stereocenters. The Morgan fingerprint density at radius 2 is 1.86 bits per heavy atom. The molecule has 0 fully saturated rings. The van der Waals surface area contributed by atoms with Gasteiger partial charge in [-0.3, -0.25) is 4.79 Å². The van der Waals surface area contributed by atoms with Crippen molar-refractivity contribution in [1.29, 1.82) is 0 Å². The Balaban J connectivity index is 1.85. The predicted molar refractivity (Wildman–Crippen MR) is 93.0 cm³/mol. The van der Waals surface area contributed by atoms with Crippen molar-refractivity contribution >= 4 is 45.3 Å².